The molecule has 0 atom stereocenters. The van der Waals surface area contributed by atoms with Crippen molar-refractivity contribution in [3.63, 3.8) is 0 Å². The number of carbonyl (C=O) groups excluding carboxylic acids is 1. The van der Waals surface area contributed by atoms with Crippen LogP contribution in [0.25, 0.3) is 0 Å². The number of H-pyrrole nitrogens is 1. The number of ether oxygens (including phenoxy) is 1. The van der Waals surface area contributed by atoms with Gasteiger partial charge in [0, 0.05) is 30.1 Å². The van der Waals surface area contributed by atoms with E-state index in [0.717, 1.165) is 6.26 Å². The summed E-state index contributed by atoms with van der Waals surface area (Å²) in [6.45, 7) is 4.17. The minimum absolute atomic E-state index is 0.00966. The number of carbonyl (C=O) groups is 1. The lowest BCUT2D eigenvalue weighted by molar-refractivity contribution is 0.103. The minimum Gasteiger partial charge on any atom is -0.373 e. The Kier molecular flexibility index (Phi) is 6.80. The van der Waals surface area contributed by atoms with Crippen LogP contribution in [0, 0.1) is 0 Å². The number of nitrogens with one attached hydrogen (secondary N) is 1. The molecule has 0 fully saturated rings. The summed E-state index contributed by atoms with van der Waals surface area (Å²) < 4.78 is 30.9. The first-order valence-electron chi connectivity index (χ1n) is 8.25. The van der Waals surface area contributed by atoms with Crippen LogP contribution in [0.1, 0.15) is 35.3 Å². The molecule has 146 valence electrons. The molecular formula is C18H21ClN2O5S. The average Bonchev–Trinajstić information content (AvgIpc) is 2.98. The predicted octanol–water partition coefficient (Wildman–Crippen LogP) is 2.58. The number of halogens is 1. The molecule has 2 aromatic rings. The van der Waals surface area contributed by atoms with Crippen LogP contribution in [0.4, 0.5) is 0 Å². The molecule has 0 unspecified atom stereocenters. The van der Waals surface area contributed by atoms with Crippen molar-refractivity contribution in [2.24, 2.45) is 0 Å². The average molecular weight is 413 g/mol. The smallest absolute Gasteiger partial charge is 0.277 e. The maximum absolute atomic E-state index is 12.8. The zero-order valence-corrected chi connectivity index (χ0v) is 16.9. The number of sulfone groups is 1. The molecule has 1 aromatic carbocycles. The van der Waals surface area contributed by atoms with Crippen molar-refractivity contribution in [1.82, 2.24) is 9.78 Å². The number of allylic oxidation sites excluding steroid dienone is 1. The maximum Gasteiger partial charge on any atom is 0.277 e. The molecule has 0 saturated carbocycles. The third-order valence-corrected chi connectivity index (χ3v) is 5.55. The van der Waals surface area contributed by atoms with Crippen LogP contribution >= 0.6 is 11.6 Å². The summed E-state index contributed by atoms with van der Waals surface area (Å²) in [5.74, 6) is -0.580. The Labute approximate surface area is 162 Å². The van der Waals surface area contributed by atoms with Gasteiger partial charge in [-0.1, -0.05) is 23.8 Å². The maximum atomic E-state index is 12.8. The fraction of sp³-hybridized carbons (Fsp3) is 0.333. The number of rotatable bonds is 8. The highest BCUT2D eigenvalue weighted by molar-refractivity contribution is 7.90. The molecule has 0 spiro atoms. The lowest BCUT2D eigenvalue weighted by Crippen LogP contribution is -2.21. The molecule has 1 heterocycles. The Hall–Kier alpha value is -2.16. The molecule has 27 heavy (non-hydrogen) atoms. The van der Waals surface area contributed by atoms with Crippen molar-refractivity contribution >= 4 is 27.2 Å². The van der Waals surface area contributed by atoms with E-state index in [1.54, 1.807) is 19.1 Å². The van der Waals surface area contributed by atoms with Gasteiger partial charge >= 0.3 is 0 Å². The number of aryl methyl sites for hydroxylation is 1. The van der Waals surface area contributed by atoms with Gasteiger partial charge in [-0.25, -0.2) is 8.42 Å². The number of hydrogen-bond acceptors (Lipinski definition) is 5. The van der Waals surface area contributed by atoms with Crippen molar-refractivity contribution < 1.29 is 17.9 Å². The zero-order chi connectivity index (χ0) is 20.2. The molecule has 0 radical (unpaired) electrons. The van der Waals surface area contributed by atoms with Gasteiger partial charge in [-0.15, -0.1) is 0 Å². The van der Waals surface area contributed by atoms with E-state index in [0.29, 0.717) is 6.54 Å². The summed E-state index contributed by atoms with van der Waals surface area (Å²) in [6, 6.07) is 2.63. The number of benzene rings is 1. The number of aromatic amines is 1. The molecule has 0 amide bonds. The van der Waals surface area contributed by atoms with Crippen LogP contribution in [-0.2, 0) is 27.7 Å². The Bertz CT molecular complexity index is 1030. The monoisotopic (exact) mass is 412 g/mol. The van der Waals surface area contributed by atoms with Crippen LogP contribution in [0.5, 0.6) is 0 Å². The van der Waals surface area contributed by atoms with E-state index in [2.05, 4.69) is 5.10 Å². The molecular weight excluding hydrogens is 392 g/mol. The van der Waals surface area contributed by atoms with E-state index in [9.17, 15) is 18.0 Å². The fourth-order valence-electron chi connectivity index (χ4n) is 2.54. The first-order valence-corrected chi connectivity index (χ1v) is 10.5. The molecule has 7 nitrogen and oxygen atoms in total. The lowest BCUT2D eigenvalue weighted by atomic mass is 10.0. The molecule has 2 rings (SSSR count). The van der Waals surface area contributed by atoms with Crippen molar-refractivity contribution in [2.45, 2.75) is 31.9 Å². The quantitative estimate of drug-likeness (QED) is 0.408. The number of hydrogen-bond donors (Lipinski definition) is 1. The number of ketones is 1. The van der Waals surface area contributed by atoms with Gasteiger partial charge in [-0.3, -0.25) is 14.3 Å². The Morgan fingerprint density at radius 2 is 2.04 bits per heavy atom. The highest BCUT2D eigenvalue weighted by Crippen LogP contribution is 2.30. The van der Waals surface area contributed by atoms with Gasteiger partial charge in [0.1, 0.15) is 5.56 Å². The third-order valence-electron chi connectivity index (χ3n) is 3.94. The molecule has 1 N–H and O–H groups in total. The number of nitrogens with zero attached hydrogens (tertiary/aromatic N) is 1. The van der Waals surface area contributed by atoms with Gasteiger partial charge in [-0.2, -0.15) is 0 Å². The predicted molar refractivity (Wildman–Crippen MR) is 103 cm³/mol. The van der Waals surface area contributed by atoms with Crippen molar-refractivity contribution in [1.29, 1.82) is 0 Å². The van der Waals surface area contributed by atoms with Gasteiger partial charge in [0.05, 0.1) is 23.1 Å². The minimum atomic E-state index is -3.58. The van der Waals surface area contributed by atoms with E-state index in [4.69, 9.17) is 16.3 Å². The Balaban J connectivity index is 2.53. The van der Waals surface area contributed by atoms with Crippen LogP contribution in [0.2, 0.25) is 5.02 Å². The second-order valence-electron chi connectivity index (χ2n) is 5.83. The molecule has 0 saturated heterocycles. The van der Waals surface area contributed by atoms with Crippen molar-refractivity contribution in [2.75, 3.05) is 12.9 Å². The van der Waals surface area contributed by atoms with Gasteiger partial charge in [0.2, 0.25) is 5.78 Å². The van der Waals surface area contributed by atoms with E-state index < -0.39 is 21.2 Å². The van der Waals surface area contributed by atoms with E-state index in [-0.39, 0.29) is 39.8 Å². The third kappa shape index (κ3) is 4.58. The van der Waals surface area contributed by atoms with E-state index in [1.165, 1.54) is 23.0 Å². The lowest BCUT2D eigenvalue weighted by Gasteiger charge is -2.13. The van der Waals surface area contributed by atoms with Gasteiger partial charge in [0.15, 0.2) is 9.84 Å². The van der Waals surface area contributed by atoms with Gasteiger partial charge in [0.25, 0.3) is 5.56 Å². The molecule has 0 bridgehead atoms. The topological polar surface area (TPSA) is 98.2 Å². The van der Waals surface area contributed by atoms with Crippen molar-refractivity contribution in [3.05, 3.63) is 62.5 Å². The Morgan fingerprint density at radius 3 is 2.59 bits per heavy atom. The SMILES string of the molecule is C/C=C\COCc1c(S(C)(=O)=O)ccc(C(=O)c2c[nH]n(CC)c2=O)c1Cl. The largest absolute Gasteiger partial charge is 0.373 e. The second-order valence-corrected chi connectivity index (χ2v) is 8.19. The summed E-state index contributed by atoms with van der Waals surface area (Å²) in [6.07, 6.45) is 5.93. The summed E-state index contributed by atoms with van der Waals surface area (Å²) in [5, 5.41) is 2.67. The summed E-state index contributed by atoms with van der Waals surface area (Å²) in [4.78, 5) is 25.0. The van der Waals surface area contributed by atoms with Crippen LogP contribution in [0.3, 0.4) is 0 Å². The first kappa shape index (κ1) is 21.1. The second kappa shape index (κ2) is 8.69. The molecule has 0 aliphatic heterocycles. The molecule has 9 heteroatoms. The van der Waals surface area contributed by atoms with Crippen LogP contribution < -0.4 is 5.56 Å². The standard InChI is InChI=1S/C18H21ClN2O5S/c1-4-6-9-26-11-14-15(27(3,24)25)8-7-12(16(14)19)17(22)13-10-20-21(5-2)18(13)23/h4,6-8,10,20H,5,9,11H2,1-3H3/b6-4-. The summed E-state index contributed by atoms with van der Waals surface area (Å²) >= 11 is 6.37. The summed E-state index contributed by atoms with van der Waals surface area (Å²) in [5.41, 5.74) is -0.280. The highest BCUT2D eigenvalue weighted by Gasteiger charge is 2.24. The normalized spacial score (nSPS) is 12.0. The molecule has 0 aliphatic rings. The summed E-state index contributed by atoms with van der Waals surface area (Å²) in [7, 11) is -3.58. The zero-order valence-electron chi connectivity index (χ0n) is 15.3. The first-order chi connectivity index (χ1) is 12.7. The van der Waals surface area contributed by atoms with Crippen LogP contribution in [0.15, 0.2) is 40.2 Å². The van der Waals surface area contributed by atoms with Gasteiger partial charge < -0.3 is 9.84 Å². The molecule has 1 aromatic heterocycles. The van der Waals surface area contributed by atoms with Crippen molar-refractivity contribution in [3.8, 4) is 0 Å². The Morgan fingerprint density at radius 1 is 1.33 bits per heavy atom. The van der Waals surface area contributed by atoms with E-state index in [1.807, 2.05) is 6.92 Å². The van der Waals surface area contributed by atoms with E-state index >= 15 is 0 Å². The highest BCUT2D eigenvalue weighted by atomic mass is 35.5. The fourth-order valence-corrected chi connectivity index (χ4v) is 3.82. The molecule has 0 aliphatic carbocycles. The van der Waals surface area contributed by atoms with Crippen LogP contribution in [-0.4, -0.2) is 36.8 Å². The van der Waals surface area contributed by atoms with Gasteiger partial charge in [-0.05, 0) is 26.0 Å². The number of aromatic nitrogens is 2.